The fourth-order valence-electron chi connectivity index (χ4n) is 2.87. The van der Waals surface area contributed by atoms with Crippen molar-refractivity contribution < 1.29 is 26.6 Å². The first-order chi connectivity index (χ1) is 14.8. The van der Waals surface area contributed by atoms with Crippen molar-refractivity contribution in [2.45, 2.75) is 6.42 Å². The maximum atomic E-state index is 11.7. The summed E-state index contributed by atoms with van der Waals surface area (Å²) in [6.45, 7) is 17.3. The third-order valence-corrected chi connectivity index (χ3v) is 3.97. The third-order valence-electron chi connectivity index (χ3n) is 3.97. The molecule has 0 aromatic heterocycles. The van der Waals surface area contributed by atoms with Gasteiger partial charge in [0.25, 0.3) is 0 Å². The number of carbonyl (C=O) groups is 1. The number of nitrogens with zero attached hydrogens (tertiary/aromatic N) is 5. The van der Waals surface area contributed by atoms with Crippen LogP contribution in [0.5, 0.6) is 0 Å². The first-order valence-corrected chi connectivity index (χ1v) is 8.35. The van der Waals surface area contributed by atoms with Gasteiger partial charge >= 0.3 is 17.1 Å². The van der Waals surface area contributed by atoms with Crippen LogP contribution in [0, 0.1) is 40.4 Å². The summed E-state index contributed by atoms with van der Waals surface area (Å²) in [5.41, 5.74) is 16.9. The van der Waals surface area contributed by atoms with Crippen molar-refractivity contribution in [1.82, 2.24) is 0 Å². The van der Waals surface area contributed by atoms with Gasteiger partial charge < -0.3 is 66.2 Å². The quantitative estimate of drug-likeness (QED) is 0.494. The number of ether oxygens (including phenoxy) is 1. The Morgan fingerprint density at radius 1 is 0.935 bits per heavy atom. The van der Waals surface area contributed by atoms with E-state index in [1.54, 1.807) is 6.07 Å². The molecule has 1 heterocycles. The van der Waals surface area contributed by atoms with Gasteiger partial charge in [0.15, 0.2) is 0 Å². The van der Waals surface area contributed by atoms with E-state index in [0.29, 0.717) is 25.2 Å². The summed E-state index contributed by atoms with van der Waals surface area (Å²) in [4.78, 5) is 21.2. The molecule has 10 heteroatoms. The topological polar surface area (TPSA) is 164 Å². The molecular formula is C21H19FeN6O3. The number of hydrogen-bond donors (Lipinski definition) is 0. The number of nitroso groups, excluding NO2 is 1. The zero-order valence-electron chi connectivity index (χ0n) is 16.5. The summed E-state index contributed by atoms with van der Waals surface area (Å²) in [7, 11) is 0. The molecule has 1 aliphatic rings. The van der Waals surface area contributed by atoms with Gasteiger partial charge in [-0.3, -0.25) is 0 Å². The molecule has 2 aromatic rings. The largest absolute Gasteiger partial charge is 5.00 e. The summed E-state index contributed by atoms with van der Waals surface area (Å²) in [6, 6.07) is 15.7. The van der Waals surface area contributed by atoms with Crippen molar-refractivity contribution in [1.29, 1.82) is 15.8 Å². The molecule has 1 radical (unpaired) electrons. The number of benzene rings is 2. The molecule has 1 aliphatic heterocycles. The van der Waals surface area contributed by atoms with E-state index in [9.17, 15) is 4.79 Å². The van der Waals surface area contributed by atoms with Crippen molar-refractivity contribution in [3.05, 3.63) is 101 Å². The first kappa shape index (κ1) is 31.9. The number of anilines is 1. The Hall–Kier alpha value is -3.74. The van der Waals surface area contributed by atoms with E-state index >= 15 is 0 Å². The van der Waals surface area contributed by atoms with Gasteiger partial charge in [0.05, 0.1) is 19.1 Å². The monoisotopic (exact) mass is 459 g/mol. The first-order valence-electron chi connectivity index (χ1n) is 8.35. The van der Waals surface area contributed by atoms with Crippen molar-refractivity contribution in [3.8, 4) is 0 Å². The third kappa shape index (κ3) is 10.6. The molecule has 9 nitrogen and oxygen atoms in total. The molecule has 1 saturated heterocycles. The number of morpholine rings is 1. The zero-order chi connectivity index (χ0) is 23.4. The van der Waals surface area contributed by atoms with Gasteiger partial charge in [-0.1, -0.05) is 42.5 Å². The SMILES string of the molecule is [C-]#N.[C-]#N.[C-]#N.[Fe+5].[N-]=O.[NH-]C(=O)c1cccc(N2CCOCC2)c1Cc1ccccc1. The fraction of sp³-hybridized carbons (Fsp3) is 0.238. The molecule has 0 atom stereocenters. The van der Waals surface area contributed by atoms with Crippen molar-refractivity contribution in [3.63, 3.8) is 0 Å². The standard InChI is InChI=1S/C18H20N2O2.3CN.Fe.NO/c19-18(21)15-7-4-8-17(20-9-11-22-12-10-20)16(15)13-14-5-2-1-3-6-14;3*1-2;;1-2/h1-8H,9-13H2,(H2,19,21);;;;;/q;3*-1;+5;-1/p-1. The van der Waals surface area contributed by atoms with E-state index in [1.807, 2.05) is 42.5 Å². The summed E-state index contributed by atoms with van der Waals surface area (Å²) >= 11 is 0. The minimum absolute atomic E-state index is 0. The van der Waals surface area contributed by atoms with Gasteiger partial charge in [-0.25, -0.2) is 0 Å². The molecule has 1 N–H and O–H groups in total. The van der Waals surface area contributed by atoms with Crippen molar-refractivity contribution in [2.24, 2.45) is 0 Å². The maximum absolute atomic E-state index is 11.7. The van der Waals surface area contributed by atoms with Gasteiger partial charge in [0, 0.05) is 30.8 Å². The van der Waals surface area contributed by atoms with Crippen LogP contribution >= 0.6 is 0 Å². The van der Waals surface area contributed by atoms with Gasteiger partial charge in [-0.2, -0.15) is 0 Å². The van der Waals surface area contributed by atoms with E-state index in [4.69, 9.17) is 56.5 Å². The van der Waals surface area contributed by atoms with Crippen LogP contribution in [0.25, 0.3) is 11.3 Å². The van der Waals surface area contributed by atoms with Crippen LogP contribution in [0.15, 0.2) is 48.5 Å². The fourth-order valence-corrected chi connectivity index (χ4v) is 2.87. The van der Waals surface area contributed by atoms with E-state index in [0.717, 1.165) is 29.9 Å². The van der Waals surface area contributed by atoms with Crippen molar-refractivity contribution >= 4 is 11.6 Å². The Bertz CT molecular complexity index is 791. The minimum atomic E-state index is -0.624. The maximum Gasteiger partial charge on any atom is 5.00 e. The van der Waals surface area contributed by atoms with E-state index < -0.39 is 5.91 Å². The molecule has 0 saturated carbocycles. The molecule has 0 spiro atoms. The summed E-state index contributed by atoms with van der Waals surface area (Å²) in [5, 5.41) is 18.8. The van der Waals surface area contributed by atoms with Crippen LogP contribution in [0.4, 0.5) is 5.69 Å². The molecule has 1 fully saturated rings. The van der Waals surface area contributed by atoms with Crippen LogP contribution in [-0.2, 0) is 28.2 Å². The number of carbonyl (C=O) groups excluding carboxylic acids is 1. The molecule has 0 aliphatic carbocycles. The number of nitrogens with one attached hydrogen (secondary N) is 1. The molecular weight excluding hydrogens is 440 g/mol. The van der Waals surface area contributed by atoms with Crippen LogP contribution in [0.3, 0.4) is 0 Å². The van der Waals surface area contributed by atoms with Crippen molar-refractivity contribution in [2.75, 3.05) is 31.2 Å². The normalized spacial score (nSPS) is 10.8. The molecule has 0 unspecified atom stereocenters. The van der Waals surface area contributed by atoms with Crippen LogP contribution in [-0.4, -0.2) is 32.2 Å². The van der Waals surface area contributed by atoms with Gasteiger partial charge in [0.2, 0.25) is 0 Å². The molecule has 3 rings (SSSR count). The average molecular weight is 459 g/mol. The second kappa shape index (κ2) is 21.0. The molecule has 159 valence electrons. The number of amides is 1. The Balaban J connectivity index is -0.000000785. The van der Waals surface area contributed by atoms with Gasteiger partial charge in [0.1, 0.15) is 0 Å². The van der Waals surface area contributed by atoms with E-state index in [-0.39, 0.29) is 17.1 Å². The molecule has 1 amide bonds. The van der Waals surface area contributed by atoms with Gasteiger partial charge in [-0.15, -0.1) is 0 Å². The molecule has 0 bridgehead atoms. The van der Waals surface area contributed by atoms with Gasteiger partial charge in [-0.05, 0) is 17.2 Å². The number of rotatable bonds is 4. The smallest absolute Gasteiger partial charge is 0.664 e. The van der Waals surface area contributed by atoms with E-state index in [2.05, 4.69) is 4.90 Å². The average Bonchev–Trinajstić information content (AvgIpc) is 2.85. The Kier molecular flexibility index (Phi) is 21.6. The summed E-state index contributed by atoms with van der Waals surface area (Å²) < 4.78 is 5.41. The van der Waals surface area contributed by atoms with E-state index in [1.165, 1.54) is 0 Å². The summed E-state index contributed by atoms with van der Waals surface area (Å²) in [5.74, 6) is -0.624. The van der Waals surface area contributed by atoms with Crippen LogP contribution in [0.2, 0.25) is 0 Å². The second-order valence-electron chi connectivity index (χ2n) is 5.39. The predicted molar refractivity (Wildman–Crippen MR) is 109 cm³/mol. The Labute approximate surface area is 192 Å². The van der Waals surface area contributed by atoms with Crippen LogP contribution < -0.4 is 4.90 Å². The molecule has 2 aromatic carbocycles. The predicted octanol–water partition coefficient (Wildman–Crippen LogP) is 3.92. The molecule has 31 heavy (non-hydrogen) atoms. The Morgan fingerprint density at radius 2 is 1.45 bits per heavy atom. The Morgan fingerprint density at radius 3 is 1.94 bits per heavy atom. The minimum Gasteiger partial charge on any atom is -0.664 e. The number of hydrogen-bond acceptors (Lipinski definition) is 7. The summed E-state index contributed by atoms with van der Waals surface area (Å²) in [6.07, 6.45) is 0.661. The van der Waals surface area contributed by atoms with Crippen LogP contribution in [0.1, 0.15) is 21.5 Å². The second-order valence-corrected chi connectivity index (χ2v) is 5.39. The zero-order valence-corrected chi connectivity index (χ0v) is 17.6.